The van der Waals surface area contributed by atoms with Gasteiger partial charge >= 0.3 is 0 Å². The normalized spacial score (nSPS) is 12.1. The highest BCUT2D eigenvalue weighted by atomic mass is 15.1. The van der Waals surface area contributed by atoms with Crippen molar-refractivity contribution in [2.45, 2.75) is 53.9 Å². The minimum absolute atomic E-state index is 0.376. The molecule has 0 aromatic rings. The first-order valence-electron chi connectivity index (χ1n) is 6.28. The second kappa shape index (κ2) is 7.05. The molecule has 0 N–H and O–H groups in total. The molecule has 0 radical (unpaired) electrons. The Bertz CT molecular complexity index is 170. The highest BCUT2D eigenvalue weighted by Crippen LogP contribution is 2.23. The lowest BCUT2D eigenvalue weighted by molar-refractivity contribution is 0.285. The third kappa shape index (κ3) is 8.68. The lowest BCUT2D eigenvalue weighted by Crippen LogP contribution is -2.28. The van der Waals surface area contributed by atoms with Gasteiger partial charge in [0.2, 0.25) is 0 Å². The van der Waals surface area contributed by atoms with Crippen LogP contribution in [-0.4, -0.2) is 24.5 Å². The van der Waals surface area contributed by atoms with Gasteiger partial charge in [0.05, 0.1) is 0 Å². The summed E-state index contributed by atoms with van der Waals surface area (Å²) in [7, 11) is 0. The van der Waals surface area contributed by atoms with Gasteiger partial charge in [-0.25, -0.2) is 0 Å². The predicted octanol–water partition coefficient (Wildman–Crippen LogP) is 4.10. The zero-order valence-corrected chi connectivity index (χ0v) is 11.4. The van der Waals surface area contributed by atoms with Crippen LogP contribution in [0.2, 0.25) is 0 Å². The Kier molecular flexibility index (Phi) is 6.91. The van der Waals surface area contributed by atoms with Gasteiger partial charge in [-0.1, -0.05) is 46.8 Å². The highest BCUT2D eigenvalue weighted by Gasteiger charge is 2.13. The van der Waals surface area contributed by atoms with Crippen LogP contribution in [0.3, 0.4) is 0 Å². The smallest absolute Gasteiger partial charge is 0.0190 e. The van der Waals surface area contributed by atoms with E-state index >= 15 is 0 Å². The minimum atomic E-state index is 0.376. The van der Waals surface area contributed by atoms with Crippen molar-refractivity contribution in [3.8, 4) is 0 Å². The average Bonchev–Trinajstić information content (AvgIpc) is 2.00. The standard InChI is InChI=1S/C14H29N/c1-7-9-15(10-8-2)12-13(3)11-14(4,5)6/h3,7-12H2,1-2,4-6H3. The Morgan fingerprint density at radius 3 is 1.87 bits per heavy atom. The predicted molar refractivity (Wildman–Crippen MR) is 70.2 cm³/mol. The second-order valence-corrected chi connectivity index (χ2v) is 5.76. The lowest BCUT2D eigenvalue weighted by atomic mass is 9.88. The van der Waals surface area contributed by atoms with E-state index in [9.17, 15) is 0 Å². The van der Waals surface area contributed by atoms with Crippen LogP contribution in [0, 0.1) is 5.41 Å². The zero-order valence-electron chi connectivity index (χ0n) is 11.4. The monoisotopic (exact) mass is 211 g/mol. The molecule has 1 nitrogen and oxygen atoms in total. The molecule has 0 aliphatic carbocycles. The van der Waals surface area contributed by atoms with Gasteiger partial charge in [-0.3, -0.25) is 4.90 Å². The molecule has 0 aromatic heterocycles. The van der Waals surface area contributed by atoms with Crippen molar-refractivity contribution in [3.05, 3.63) is 12.2 Å². The van der Waals surface area contributed by atoms with E-state index in [4.69, 9.17) is 0 Å². The second-order valence-electron chi connectivity index (χ2n) is 5.76. The molecule has 15 heavy (non-hydrogen) atoms. The highest BCUT2D eigenvalue weighted by molar-refractivity contribution is 5.00. The fourth-order valence-corrected chi connectivity index (χ4v) is 2.02. The van der Waals surface area contributed by atoms with Gasteiger partial charge in [-0.15, -0.1) is 0 Å². The van der Waals surface area contributed by atoms with E-state index in [0.717, 1.165) is 13.0 Å². The van der Waals surface area contributed by atoms with Crippen molar-refractivity contribution in [1.82, 2.24) is 4.90 Å². The Labute approximate surface area is 96.6 Å². The summed E-state index contributed by atoms with van der Waals surface area (Å²) >= 11 is 0. The maximum absolute atomic E-state index is 4.20. The Balaban J connectivity index is 3.99. The van der Waals surface area contributed by atoms with E-state index in [1.165, 1.54) is 31.5 Å². The fourth-order valence-electron chi connectivity index (χ4n) is 2.02. The molecular weight excluding hydrogens is 182 g/mol. The first-order valence-corrected chi connectivity index (χ1v) is 6.28. The molecule has 0 saturated carbocycles. The molecule has 0 atom stereocenters. The van der Waals surface area contributed by atoms with Crippen molar-refractivity contribution in [1.29, 1.82) is 0 Å². The minimum Gasteiger partial charge on any atom is -0.299 e. The number of hydrogen-bond acceptors (Lipinski definition) is 1. The molecule has 0 rings (SSSR count). The quantitative estimate of drug-likeness (QED) is 0.573. The van der Waals surface area contributed by atoms with E-state index in [2.05, 4.69) is 46.1 Å². The summed E-state index contributed by atoms with van der Waals surface area (Å²) in [5.41, 5.74) is 1.76. The van der Waals surface area contributed by atoms with Gasteiger partial charge in [-0.05, 0) is 37.8 Å². The molecule has 0 aliphatic heterocycles. The zero-order chi connectivity index (χ0) is 11.9. The first-order chi connectivity index (χ1) is 6.89. The van der Waals surface area contributed by atoms with Crippen LogP contribution in [0.15, 0.2) is 12.2 Å². The molecule has 0 saturated heterocycles. The maximum Gasteiger partial charge on any atom is 0.0190 e. The third-order valence-electron chi connectivity index (χ3n) is 2.31. The molecule has 0 heterocycles. The Morgan fingerprint density at radius 2 is 1.53 bits per heavy atom. The lowest BCUT2D eigenvalue weighted by Gasteiger charge is -2.26. The van der Waals surface area contributed by atoms with E-state index in [-0.39, 0.29) is 0 Å². The van der Waals surface area contributed by atoms with Crippen LogP contribution < -0.4 is 0 Å². The summed E-state index contributed by atoms with van der Waals surface area (Å²) in [5.74, 6) is 0. The topological polar surface area (TPSA) is 3.24 Å². The summed E-state index contributed by atoms with van der Waals surface area (Å²) in [4.78, 5) is 2.52. The van der Waals surface area contributed by atoms with Gasteiger partial charge in [0.1, 0.15) is 0 Å². The Hall–Kier alpha value is -0.300. The van der Waals surface area contributed by atoms with Crippen LogP contribution in [-0.2, 0) is 0 Å². The molecule has 0 amide bonds. The first kappa shape index (κ1) is 14.7. The third-order valence-corrected chi connectivity index (χ3v) is 2.31. The number of nitrogens with zero attached hydrogens (tertiary/aromatic N) is 1. The van der Waals surface area contributed by atoms with Crippen molar-refractivity contribution >= 4 is 0 Å². The van der Waals surface area contributed by atoms with Crippen LogP contribution in [0.4, 0.5) is 0 Å². The van der Waals surface area contributed by atoms with Crippen molar-refractivity contribution < 1.29 is 0 Å². The van der Waals surface area contributed by atoms with E-state index in [1.807, 2.05) is 0 Å². The van der Waals surface area contributed by atoms with Gasteiger partial charge in [-0.2, -0.15) is 0 Å². The molecule has 0 spiro atoms. The van der Waals surface area contributed by atoms with E-state index in [1.54, 1.807) is 0 Å². The van der Waals surface area contributed by atoms with Gasteiger partial charge in [0.25, 0.3) is 0 Å². The molecule has 1 heteroatoms. The van der Waals surface area contributed by atoms with Crippen LogP contribution in [0.5, 0.6) is 0 Å². The van der Waals surface area contributed by atoms with Crippen molar-refractivity contribution in [3.63, 3.8) is 0 Å². The van der Waals surface area contributed by atoms with Crippen LogP contribution >= 0.6 is 0 Å². The molecular formula is C14H29N. The average molecular weight is 211 g/mol. The van der Waals surface area contributed by atoms with E-state index in [0.29, 0.717) is 5.41 Å². The maximum atomic E-state index is 4.20. The van der Waals surface area contributed by atoms with Crippen molar-refractivity contribution in [2.24, 2.45) is 5.41 Å². The van der Waals surface area contributed by atoms with Gasteiger partial charge in [0.15, 0.2) is 0 Å². The summed E-state index contributed by atoms with van der Waals surface area (Å²) < 4.78 is 0. The SMILES string of the molecule is C=C(CN(CCC)CCC)CC(C)(C)C. The number of rotatable bonds is 7. The molecule has 0 unspecified atom stereocenters. The summed E-state index contributed by atoms with van der Waals surface area (Å²) in [6.45, 7) is 19.0. The van der Waals surface area contributed by atoms with Crippen molar-refractivity contribution in [2.75, 3.05) is 19.6 Å². The molecule has 0 aromatic carbocycles. The Morgan fingerprint density at radius 1 is 1.07 bits per heavy atom. The fraction of sp³-hybridized carbons (Fsp3) is 0.857. The van der Waals surface area contributed by atoms with Crippen LogP contribution in [0.1, 0.15) is 53.9 Å². The molecule has 0 bridgehead atoms. The van der Waals surface area contributed by atoms with Gasteiger partial charge in [0, 0.05) is 6.54 Å². The summed E-state index contributed by atoms with van der Waals surface area (Å²) in [6, 6.07) is 0. The van der Waals surface area contributed by atoms with E-state index < -0.39 is 0 Å². The molecule has 0 aliphatic rings. The molecule has 90 valence electrons. The van der Waals surface area contributed by atoms with Crippen LogP contribution in [0.25, 0.3) is 0 Å². The molecule has 0 fully saturated rings. The largest absolute Gasteiger partial charge is 0.299 e. The van der Waals surface area contributed by atoms with Gasteiger partial charge < -0.3 is 0 Å². The summed E-state index contributed by atoms with van der Waals surface area (Å²) in [5, 5.41) is 0. The number of hydrogen-bond donors (Lipinski definition) is 0. The summed E-state index contributed by atoms with van der Waals surface area (Å²) in [6.07, 6.45) is 3.61.